The molecule has 4 aromatic heterocycles. The van der Waals surface area contributed by atoms with E-state index in [2.05, 4.69) is 37.2 Å². The smallest absolute Gasteiger partial charge is 0.386 e. The summed E-state index contributed by atoms with van der Waals surface area (Å²) in [6.07, 6.45) is -3.79. The summed E-state index contributed by atoms with van der Waals surface area (Å²) in [6, 6.07) is 0. The number of aromatic nitrogens is 7. The molecule has 4 aromatic rings. The molecular formula is C24H29FN8O12P2S. The number of phosphoric ester groups is 1. The summed E-state index contributed by atoms with van der Waals surface area (Å²) in [4.78, 5) is 41.7. The lowest BCUT2D eigenvalue weighted by Gasteiger charge is -2.37. The Balaban J connectivity index is 1.26. The third kappa shape index (κ3) is 5.40. The highest BCUT2D eigenvalue weighted by Gasteiger charge is 2.60. The van der Waals surface area contributed by atoms with E-state index in [0.717, 1.165) is 17.1 Å². The fourth-order valence-corrected chi connectivity index (χ4v) is 9.01. The molecule has 3 aliphatic heterocycles. The van der Waals surface area contributed by atoms with Crippen LogP contribution in [0.25, 0.3) is 22.2 Å². The monoisotopic (exact) mass is 734 g/mol. The third-order valence-corrected chi connectivity index (χ3v) is 11.3. The highest BCUT2D eigenvalue weighted by atomic mass is 32.7. The lowest BCUT2D eigenvalue weighted by atomic mass is 9.89. The number of halogens is 1. The van der Waals surface area contributed by atoms with E-state index >= 15 is 4.39 Å². The number of aliphatic hydroxyl groups is 2. The number of nitrogens with two attached hydrogens (primary N) is 1. The standard InChI is InChI=1S/C24H29FN8O12P2S/c1-2-23-3-4-41-47(39,48)45-24(33-5-11(25)13-19(33)28-9-30-21(13)36)7-40-12(16(24)35)6-42-46(37,38)44-17(23)15(34)22(43-23)32-10-31-14-18(26)27-8-29-20(14)32/h5,8-10,12,15-17,22,34-35H,2-4,6-7H2,1H3,(H,37,38)(H,39,48)(H2,26,27,29)(H,28,30,36)/t12-,15-,16-,17+,22-,23-,24-,47?/m1/s1. The molecule has 7 rings (SSSR count). The third-order valence-electron chi connectivity index (χ3n) is 8.71. The number of H-pyrrole nitrogens is 1. The molecule has 0 aliphatic carbocycles. The van der Waals surface area contributed by atoms with Gasteiger partial charge < -0.3 is 39.8 Å². The van der Waals surface area contributed by atoms with E-state index < -0.39 is 93.2 Å². The van der Waals surface area contributed by atoms with E-state index in [1.807, 2.05) is 0 Å². The minimum absolute atomic E-state index is 0.0549. The van der Waals surface area contributed by atoms with Crippen molar-refractivity contribution in [3.63, 3.8) is 0 Å². The predicted molar refractivity (Wildman–Crippen MR) is 162 cm³/mol. The number of ether oxygens (including phenoxy) is 2. The Bertz CT molecular complexity index is 2050. The summed E-state index contributed by atoms with van der Waals surface area (Å²) >= 11 is 4.11. The lowest BCUT2D eigenvalue weighted by molar-refractivity contribution is -0.118. The normalized spacial score (nSPS) is 37.9. The van der Waals surface area contributed by atoms with Crippen LogP contribution >= 0.6 is 26.9 Å². The molecule has 2 bridgehead atoms. The van der Waals surface area contributed by atoms with E-state index in [-0.39, 0.29) is 35.5 Å². The van der Waals surface area contributed by atoms with Crippen molar-refractivity contribution in [1.82, 2.24) is 34.1 Å². The van der Waals surface area contributed by atoms with Gasteiger partial charge in [0.1, 0.15) is 47.2 Å². The van der Waals surface area contributed by atoms with Crippen LogP contribution in [-0.2, 0) is 42.4 Å². The number of nitrogens with one attached hydrogen (secondary N) is 1. The number of nitrogens with zero attached hydrogens (tertiary/aromatic N) is 6. The number of phosphoric acid groups is 1. The van der Waals surface area contributed by atoms with Gasteiger partial charge in [0.2, 0.25) is 5.72 Å². The van der Waals surface area contributed by atoms with Crippen molar-refractivity contribution in [1.29, 1.82) is 0 Å². The van der Waals surface area contributed by atoms with Crippen molar-refractivity contribution in [2.75, 3.05) is 25.6 Å². The van der Waals surface area contributed by atoms with Gasteiger partial charge in [-0.1, -0.05) is 19.2 Å². The van der Waals surface area contributed by atoms with Crippen molar-refractivity contribution in [2.45, 2.75) is 61.7 Å². The van der Waals surface area contributed by atoms with Crippen molar-refractivity contribution in [3.8, 4) is 0 Å². The molecule has 7 heterocycles. The molecule has 2 unspecified atom stereocenters. The van der Waals surface area contributed by atoms with Gasteiger partial charge in [-0.25, -0.2) is 33.5 Å². The van der Waals surface area contributed by atoms with Crippen LogP contribution < -0.4 is 11.3 Å². The highest BCUT2D eigenvalue weighted by molar-refractivity contribution is 8.44. The van der Waals surface area contributed by atoms with E-state index in [9.17, 15) is 29.0 Å². The average Bonchev–Trinajstić information content (AvgIpc) is 3.76. The number of thiol groups is 1. The van der Waals surface area contributed by atoms with E-state index in [1.165, 1.54) is 17.2 Å². The summed E-state index contributed by atoms with van der Waals surface area (Å²) in [6.45, 7) is -4.82. The summed E-state index contributed by atoms with van der Waals surface area (Å²) in [7, 11) is -5.08. The number of fused-ring (bicyclic) bond motifs is 5. The molecule has 3 aliphatic rings. The number of rotatable bonds is 3. The van der Waals surface area contributed by atoms with Crippen LogP contribution in [0.3, 0.4) is 0 Å². The maximum absolute atomic E-state index is 15.0. The Morgan fingerprint density at radius 1 is 1.21 bits per heavy atom. The molecule has 48 heavy (non-hydrogen) atoms. The van der Waals surface area contributed by atoms with Crippen molar-refractivity contribution < 1.29 is 56.2 Å². The first-order valence-electron chi connectivity index (χ1n) is 14.4. The van der Waals surface area contributed by atoms with Gasteiger partial charge in [-0.2, -0.15) is 0 Å². The highest BCUT2D eigenvalue weighted by Crippen LogP contribution is 2.61. The van der Waals surface area contributed by atoms with Gasteiger partial charge in [-0.3, -0.25) is 27.5 Å². The summed E-state index contributed by atoms with van der Waals surface area (Å²) < 4.78 is 78.7. The summed E-state index contributed by atoms with van der Waals surface area (Å²) in [5.74, 6) is -0.985. The van der Waals surface area contributed by atoms with Gasteiger partial charge in [-0.05, 0) is 6.42 Å². The van der Waals surface area contributed by atoms with Gasteiger partial charge in [0.05, 0.1) is 32.5 Å². The Morgan fingerprint density at radius 3 is 2.77 bits per heavy atom. The quantitative estimate of drug-likeness (QED) is 0.125. The molecule has 260 valence electrons. The molecular weight excluding hydrogens is 705 g/mol. The maximum Gasteiger partial charge on any atom is 0.472 e. The second kappa shape index (κ2) is 11.9. The van der Waals surface area contributed by atoms with Crippen molar-refractivity contribution in [2.24, 2.45) is 0 Å². The van der Waals surface area contributed by atoms with Crippen molar-refractivity contribution in [3.05, 3.63) is 41.3 Å². The number of hydrogen-bond donors (Lipinski definition) is 6. The van der Waals surface area contributed by atoms with Crippen LogP contribution in [0.1, 0.15) is 26.0 Å². The van der Waals surface area contributed by atoms with E-state index in [0.29, 0.717) is 0 Å². The second-order valence-electron chi connectivity index (χ2n) is 11.4. The topological polar surface area (TPSA) is 271 Å². The zero-order chi connectivity index (χ0) is 34.2. The second-order valence-corrected chi connectivity index (χ2v) is 15.6. The van der Waals surface area contributed by atoms with Gasteiger partial charge in [0.15, 0.2) is 29.2 Å². The maximum atomic E-state index is 15.0. The lowest BCUT2D eigenvalue weighted by Crippen LogP contribution is -2.49. The fourth-order valence-electron chi connectivity index (χ4n) is 6.32. The molecule has 6 N–H and O–H groups in total. The van der Waals surface area contributed by atoms with Crippen molar-refractivity contribution >= 4 is 54.9 Å². The SMILES string of the molecule is CC[C@@]12CCOP(=O)(S)O[C@]3(n4cc(F)c5c(=O)[nH]cnc54)CO[C@H](COP(=O)(O)O[C@H]1[C@@H](O)[C@H](n1cnc4c(N)ncnc41)O2)[C@H]3O. The fraction of sp³-hybridized carbons (Fsp3) is 0.542. The average molecular weight is 735 g/mol. The zero-order valence-corrected chi connectivity index (χ0v) is 27.4. The molecule has 3 saturated heterocycles. The zero-order valence-electron chi connectivity index (χ0n) is 24.7. The molecule has 0 spiro atoms. The number of aromatic amines is 1. The summed E-state index contributed by atoms with van der Waals surface area (Å²) in [5, 5.41) is 22.5. The molecule has 20 nitrogen and oxygen atoms in total. The first-order chi connectivity index (χ1) is 22.7. The largest absolute Gasteiger partial charge is 0.472 e. The molecule has 0 saturated carbocycles. The van der Waals surface area contributed by atoms with Crippen LogP contribution in [0.5, 0.6) is 0 Å². The number of imidazole rings is 1. The van der Waals surface area contributed by atoms with E-state index in [1.54, 1.807) is 6.92 Å². The first-order valence-corrected chi connectivity index (χ1v) is 18.6. The Hall–Kier alpha value is -2.85. The van der Waals surface area contributed by atoms with Crippen LogP contribution in [0.15, 0.2) is 30.0 Å². The number of anilines is 1. The predicted octanol–water partition coefficient (Wildman–Crippen LogP) is 0.714. The van der Waals surface area contributed by atoms with Crippen LogP contribution in [0, 0.1) is 5.82 Å². The number of nitrogen functional groups attached to an aromatic ring is 1. The molecule has 0 radical (unpaired) electrons. The van der Waals surface area contributed by atoms with Gasteiger partial charge >= 0.3 is 14.6 Å². The Kier molecular flexibility index (Phi) is 8.33. The molecule has 24 heteroatoms. The number of aliphatic hydroxyl groups excluding tert-OH is 2. The first kappa shape index (κ1) is 33.6. The van der Waals surface area contributed by atoms with Gasteiger partial charge in [0, 0.05) is 12.6 Å². The number of hydrogen-bond acceptors (Lipinski definition) is 16. The molecule has 9 atom stereocenters. The molecule has 3 fully saturated rings. The Labute approximate surface area is 273 Å². The van der Waals surface area contributed by atoms with Crippen LogP contribution in [0.2, 0.25) is 0 Å². The molecule has 0 aromatic carbocycles. The minimum Gasteiger partial charge on any atom is -0.386 e. The Morgan fingerprint density at radius 2 is 2.00 bits per heavy atom. The van der Waals surface area contributed by atoms with Gasteiger partial charge in [-0.15, -0.1) is 0 Å². The minimum atomic E-state index is -5.08. The van der Waals surface area contributed by atoms with E-state index in [4.69, 9.17) is 33.3 Å². The molecule has 0 amide bonds. The van der Waals surface area contributed by atoms with Crippen LogP contribution in [-0.4, -0.2) is 99.0 Å². The van der Waals surface area contributed by atoms with Gasteiger partial charge in [0.25, 0.3) is 5.56 Å². The summed E-state index contributed by atoms with van der Waals surface area (Å²) in [5.41, 5.74) is 1.28. The van der Waals surface area contributed by atoms with Crippen LogP contribution in [0.4, 0.5) is 10.2 Å².